The molecule has 1 spiro atoms. The van der Waals surface area contributed by atoms with E-state index >= 15 is 0 Å². The maximum atomic E-state index is 12.4. The lowest BCUT2D eigenvalue weighted by Crippen LogP contribution is -2.62. The second kappa shape index (κ2) is 4.51. The molecule has 1 saturated carbocycles. The third-order valence-electron chi connectivity index (χ3n) is 5.15. The van der Waals surface area contributed by atoms with Gasteiger partial charge in [0.2, 0.25) is 11.8 Å². The Kier molecular flexibility index (Phi) is 2.84. The number of imide groups is 2. The van der Waals surface area contributed by atoms with Gasteiger partial charge in [-0.2, -0.15) is 0 Å². The number of carbonyl (C=O) groups is 3. The first-order valence-corrected chi connectivity index (χ1v) is 7.63. The molecule has 4 aliphatic rings. The maximum absolute atomic E-state index is 12.4. The van der Waals surface area contributed by atoms with Crippen molar-refractivity contribution in [3.63, 3.8) is 0 Å². The van der Waals surface area contributed by atoms with Crippen LogP contribution in [-0.4, -0.2) is 66.0 Å². The molecule has 1 N–H and O–H groups in total. The highest BCUT2D eigenvalue weighted by Gasteiger charge is 2.62. The Morgan fingerprint density at radius 1 is 1.29 bits per heavy atom. The number of rotatable bonds is 2. The van der Waals surface area contributed by atoms with Gasteiger partial charge in [0.05, 0.1) is 19.3 Å². The molecule has 2 unspecified atom stereocenters. The molecule has 2 atom stereocenters. The van der Waals surface area contributed by atoms with Crippen LogP contribution < -0.4 is 5.32 Å². The number of barbiturate groups is 1. The van der Waals surface area contributed by atoms with Crippen LogP contribution in [0.1, 0.15) is 25.7 Å². The smallest absolute Gasteiger partial charge is 0.330 e. The van der Waals surface area contributed by atoms with Gasteiger partial charge in [-0.25, -0.2) is 4.79 Å². The number of amides is 4. The molecular formula is C14H19N3O4. The van der Waals surface area contributed by atoms with Crippen LogP contribution in [0.25, 0.3) is 0 Å². The van der Waals surface area contributed by atoms with Gasteiger partial charge in [-0.15, -0.1) is 0 Å². The number of nitrogens with zero attached hydrogens (tertiary/aromatic N) is 2. The lowest BCUT2D eigenvalue weighted by molar-refractivity contribution is -0.147. The van der Waals surface area contributed by atoms with E-state index in [0.717, 1.165) is 19.5 Å². The topological polar surface area (TPSA) is 79.0 Å². The van der Waals surface area contributed by atoms with Crippen molar-refractivity contribution in [1.29, 1.82) is 0 Å². The van der Waals surface area contributed by atoms with Crippen molar-refractivity contribution in [2.45, 2.75) is 37.8 Å². The zero-order chi connectivity index (χ0) is 14.6. The van der Waals surface area contributed by atoms with Crippen molar-refractivity contribution in [3.8, 4) is 0 Å². The summed E-state index contributed by atoms with van der Waals surface area (Å²) in [6.45, 7) is 2.72. The van der Waals surface area contributed by atoms with E-state index in [2.05, 4.69) is 10.2 Å². The van der Waals surface area contributed by atoms with Gasteiger partial charge >= 0.3 is 6.03 Å². The number of carbonyl (C=O) groups excluding carboxylic acids is 3. The van der Waals surface area contributed by atoms with Crippen LogP contribution in [-0.2, 0) is 14.3 Å². The Hall–Kier alpha value is -1.47. The van der Waals surface area contributed by atoms with E-state index in [0.29, 0.717) is 25.5 Å². The van der Waals surface area contributed by atoms with E-state index in [-0.39, 0.29) is 18.6 Å². The Bertz CT molecular complexity index is 516. The Balaban J connectivity index is 1.45. The van der Waals surface area contributed by atoms with E-state index < -0.39 is 17.4 Å². The van der Waals surface area contributed by atoms with Crippen LogP contribution in [0, 0.1) is 5.41 Å². The standard InChI is InChI=1S/C14H19N3O4/c18-11-14(3-4-14)12(19)17(13(20)15-11)7-10-6-16-5-1-2-9(16)8-21-10/h9-10H,1-8H2,(H,15,18,20). The minimum atomic E-state index is -0.960. The van der Waals surface area contributed by atoms with Gasteiger partial charge < -0.3 is 4.74 Å². The highest BCUT2D eigenvalue weighted by atomic mass is 16.5. The first-order valence-electron chi connectivity index (χ1n) is 7.63. The molecule has 7 heteroatoms. The van der Waals surface area contributed by atoms with Crippen LogP contribution in [0.4, 0.5) is 4.79 Å². The first kappa shape index (κ1) is 13.2. The van der Waals surface area contributed by atoms with Crippen molar-refractivity contribution < 1.29 is 19.1 Å². The molecule has 114 valence electrons. The number of urea groups is 1. The lowest BCUT2D eigenvalue weighted by atomic mass is 10.0. The third kappa shape index (κ3) is 1.98. The highest BCUT2D eigenvalue weighted by Crippen LogP contribution is 2.49. The molecule has 0 aromatic rings. The lowest BCUT2D eigenvalue weighted by Gasteiger charge is -2.38. The van der Waals surface area contributed by atoms with Gasteiger partial charge in [0.1, 0.15) is 5.41 Å². The van der Waals surface area contributed by atoms with E-state index in [1.54, 1.807) is 0 Å². The average molecular weight is 293 g/mol. The molecule has 0 aromatic heterocycles. The van der Waals surface area contributed by atoms with E-state index in [4.69, 9.17) is 4.74 Å². The van der Waals surface area contributed by atoms with Crippen LogP contribution in [0.5, 0.6) is 0 Å². The molecule has 4 fully saturated rings. The summed E-state index contributed by atoms with van der Waals surface area (Å²) in [5.41, 5.74) is -0.960. The number of morpholine rings is 1. The Labute approximate surface area is 122 Å². The third-order valence-corrected chi connectivity index (χ3v) is 5.15. The molecule has 3 saturated heterocycles. The fraction of sp³-hybridized carbons (Fsp3) is 0.786. The molecule has 4 amide bonds. The van der Waals surface area contributed by atoms with E-state index in [1.807, 2.05) is 0 Å². The van der Waals surface area contributed by atoms with Crippen molar-refractivity contribution in [2.24, 2.45) is 5.41 Å². The number of nitrogens with one attached hydrogen (secondary N) is 1. The molecule has 21 heavy (non-hydrogen) atoms. The van der Waals surface area contributed by atoms with Gasteiger partial charge in [0, 0.05) is 12.6 Å². The maximum Gasteiger partial charge on any atom is 0.330 e. The van der Waals surface area contributed by atoms with Gasteiger partial charge in [0.25, 0.3) is 0 Å². The summed E-state index contributed by atoms with van der Waals surface area (Å²) in [4.78, 5) is 39.7. The molecule has 1 aliphatic carbocycles. The normalized spacial score (nSPS) is 35.0. The summed E-state index contributed by atoms with van der Waals surface area (Å²) in [6, 6.07) is -0.113. The van der Waals surface area contributed by atoms with Gasteiger partial charge in [0.15, 0.2) is 0 Å². The summed E-state index contributed by atoms with van der Waals surface area (Å²) >= 11 is 0. The predicted molar refractivity (Wildman–Crippen MR) is 71.3 cm³/mol. The SMILES string of the molecule is O=C1NC(=O)C2(CC2)C(=O)N1CC1CN2CCCC2CO1. The van der Waals surface area contributed by atoms with Crippen molar-refractivity contribution >= 4 is 17.8 Å². The fourth-order valence-electron chi connectivity index (χ4n) is 3.66. The minimum absolute atomic E-state index is 0.155. The second-order valence-electron chi connectivity index (χ2n) is 6.50. The van der Waals surface area contributed by atoms with Crippen molar-refractivity contribution in [2.75, 3.05) is 26.2 Å². The monoisotopic (exact) mass is 293 g/mol. The number of fused-ring (bicyclic) bond motifs is 1. The van der Waals surface area contributed by atoms with E-state index in [1.165, 1.54) is 11.3 Å². The first-order chi connectivity index (χ1) is 10.1. The molecule has 0 radical (unpaired) electrons. The summed E-state index contributed by atoms with van der Waals surface area (Å²) in [5.74, 6) is -0.777. The molecule has 0 aromatic carbocycles. The minimum Gasteiger partial charge on any atom is -0.373 e. The molecule has 3 aliphatic heterocycles. The van der Waals surface area contributed by atoms with Crippen molar-refractivity contribution in [1.82, 2.24) is 15.1 Å². The number of hydrogen-bond acceptors (Lipinski definition) is 5. The molecular weight excluding hydrogens is 274 g/mol. The molecule has 7 nitrogen and oxygen atoms in total. The molecule has 4 rings (SSSR count). The van der Waals surface area contributed by atoms with Crippen molar-refractivity contribution in [3.05, 3.63) is 0 Å². The average Bonchev–Trinajstić information content (AvgIpc) is 3.14. The highest BCUT2D eigenvalue weighted by molar-refractivity contribution is 6.20. The Morgan fingerprint density at radius 3 is 2.86 bits per heavy atom. The van der Waals surface area contributed by atoms with Crippen LogP contribution in [0.2, 0.25) is 0 Å². The quantitative estimate of drug-likeness (QED) is 0.708. The molecule has 3 heterocycles. The summed E-state index contributed by atoms with van der Waals surface area (Å²) < 4.78 is 5.81. The summed E-state index contributed by atoms with van der Waals surface area (Å²) in [6.07, 6.45) is 3.27. The predicted octanol–water partition coefficient (Wildman–Crippen LogP) is -0.292. The van der Waals surface area contributed by atoms with E-state index in [9.17, 15) is 14.4 Å². The summed E-state index contributed by atoms with van der Waals surface area (Å²) in [7, 11) is 0. The van der Waals surface area contributed by atoms with Crippen LogP contribution in [0.3, 0.4) is 0 Å². The number of hydrogen-bond donors (Lipinski definition) is 1. The second-order valence-corrected chi connectivity index (χ2v) is 6.50. The zero-order valence-corrected chi connectivity index (χ0v) is 11.8. The number of ether oxygens (including phenoxy) is 1. The zero-order valence-electron chi connectivity index (χ0n) is 11.8. The summed E-state index contributed by atoms with van der Waals surface area (Å²) in [5, 5.41) is 2.31. The van der Waals surface area contributed by atoms with Gasteiger partial charge in [-0.1, -0.05) is 0 Å². The fourth-order valence-corrected chi connectivity index (χ4v) is 3.66. The van der Waals surface area contributed by atoms with Crippen LogP contribution in [0.15, 0.2) is 0 Å². The van der Waals surface area contributed by atoms with Gasteiger partial charge in [-0.3, -0.25) is 24.7 Å². The largest absolute Gasteiger partial charge is 0.373 e. The van der Waals surface area contributed by atoms with Crippen LogP contribution >= 0.6 is 0 Å². The Morgan fingerprint density at radius 2 is 2.10 bits per heavy atom. The molecule has 0 bridgehead atoms. The van der Waals surface area contributed by atoms with Gasteiger partial charge in [-0.05, 0) is 32.2 Å².